The SMILES string of the molecule is Cc1ccc(NC(=O)CCNc2ccccc2Cl)c(Br)c1. The number of hydrogen-bond donors (Lipinski definition) is 2. The molecule has 2 N–H and O–H groups in total. The molecule has 3 nitrogen and oxygen atoms in total. The Kier molecular flexibility index (Phi) is 5.65. The van der Waals surface area contributed by atoms with E-state index in [1.807, 2.05) is 49.4 Å². The normalized spacial score (nSPS) is 10.2. The first-order chi connectivity index (χ1) is 10.1. The van der Waals surface area contributed by atoms with Gasteiger partial charge in [0.25, 0.3) is 0 Å². The molecule has 2 aromatic rings. The van der Waals surface area contributed by atoms with Gasteiger partial charge in [-0.15, -0.1) is 0 Å². The van der Waals surface area contributed by atoms with Crippen LogP contribution >= 0.6 is 27.5 Å². The third-order valence-corrected chi connectivity index (χ3v) is 3.93. The smallest absolute Gasteiger partial charge is 0.226 e. The highest BCUT2D eigenvalue weighted by molar-refractivity contribution is 9.10. The summed E-state index contributed by atoms with van der Waals surface area (Å²) in [5.41, 5.74) is 2.76. The van der Waals surface area contributed by atoms with Crippen LogP contribution in [-0.4, -0.2) is 12.5 Å². The van der Waals surface area contributed by atoms with Crippen LogP contribution in [0, 0.1) is 6.92 Å². The van der Waals surface area contributed by atoms with Crippen LogP contribution in [-0.2, 0) is 4.79 Å². The Bertz CT molecular complexity index is 646. The fourth-order valence-electron chi connectivity index (χ4n) is 1.85. The summed E-state index contributed by atoms with van der Waals surface area (Å²) in [4.78, 5) is 11.9. The van der Waals surface area contributed by atoms with Gasteiger partial charge in [-0.25, -0.2) is 0 Å². The molecule has 110 valence electrons. The monoisotopic (exact) mass is 366 g/mol. The summed E-state index contributed by atoms with van der Waals surface area (Å²) in [6.07, 6.45) is 0.367. The summed E-state index contributed by atoms with van der Waals surface area (Å²) >= 11 is 9.48. The van der Waals surface area contributed by atoms with Crippen molar-refractivity contribution < 1.29 is 4.79 Å². The van der Waals surface area contributed by atoms with E-state index in [-0.39, 0.29) is 5.91 Å². The number of halogens is 2. The predicted molar refractivity (Wildman–Crippen MR) is 92.1 cm³/mol. The van der Waals surface area contributed by atoms with Gasteiger partial charge in [-0.1, -0.05) is 29.8 Å². The highest BCUT2D eigenvalue weighted by Crippen LogP contribution is 2.23. The van der Waals surface area contributed by atoms with E-state index in [0.717, 1.165) is 21.4 Å². The standard InChI is InChI=1S/C16H16BrClN2O/c1-11-6-7-14(12(17)10-11)20-16(21)8-9-19-15-5-3-2-4-13(15)18/h2-7,10,19H,8-9H2,1H3,(H,20,21). The van der Waals surface area contributed by atoms with Crippen molar-refractivity contribution in [3.8, 4) is 0 Å². The number of nitrogens with one attached hydrogen (secondary N) is 2. The Morgan fingerprint density at radius 3 is 2.67 bits per heavy atom. The Morgan fingerprint density at radius 2 is 1.95 bits per heavy atom. The summed E-state index contributed by atoms with van der Waals surface area (Å²) in [7, 11) is 0. The molecule has 5 heteroatoms. The summed E-state index contributed by atoms with van der Waals surface area (Å²) in [5.74, 6) is -0.0425. The average Bonchev–Trinajstić information content (AvgIpc) is 2.44. The van der Waals surface area contributed by atoms with Gasteiger partial charge in [0, 0.05) is 17.4 Å². The quantitative estimate of drug-likeness (QED) is 0.793. The maximum atomic E-state index is 11.9. The third-order valence-electron chi connectivity index (χ3n) is 2.94. The number of anilines is 2. The van der Waals surface area contributed by atoms with Crippen LogP contribution in [0.1, 0.15) is 12.0 Å². The lowest BCUT2D eigenvalue weighted by Gasteiger charge is -2.10. The van der Waals surface area contributed by atoms with E-state index >= 15 is 0 Å². The first-order valence-corrected chi connectivity index (χ1v) is 7.78. The molecule has 0 saturated heterocycles. The maximum absolute atomic E-state index is 11.9. The zero-order valence-corrected chi connectivity index (χ0v) is 14.0. The van der Waals surface area contributed by atoms with Gasteiger partial charge in [-0.3, -0.25) is 4.79 Å². The lowest BCUT2D eigenvalue weighted by molar-refractivity contribution is -0.115. The predicted octanol–water partition coefficient (Wildman–Crippen LogP) is 4.85. The topological polar surface area (TPSA) is 41.1 Å². The van der Waals surface area contributed by atoms with E-state index in [1.54, 1.807) is 0 Å². The summed E-state index contributed by atoms with van der Waals surface area (Å²) in [6.45, 7) is 2.53. The molecule has 0 fully saturated rings. The molecule has 0 atom stereocenters. The molecule has 2 aromatic carbocycles. The molecule has 0 aliphatic heterocycles. The van der Waals surface area contributed by atoms with Crippen molar-refractivity contribution in [1.82, 2.24) is 0 Å². The molecular weight excluding hydrogens is 352 g/mol. The third kappa shape index (κ3) is 4.76. The number of amides is 1. The Morgan fingerprint density at radius 1 is 1.19 bits per heavy atom. The van der Waals surface area contributed by atoms with Crippen LogP contribution in [0.15, 0.2) is 46.9 Å². The minimum absolute atomic E-state index is 0.0425. The molecule has 0 saturated carbocycles. The van der Waals surface area contributed by atoms with E-state index < -0.39 is 0 Å². The molecule has 0 bridgehead atoms. The van der Waals surface area contributed by atoms with Gasteiger partial charge >= 0.3 is 0 Å². The van der Waals surface area contributed by atoms with Gasteiger partial charge in [0.1, 0.15) is 0 Å². The second-order valence-corrected chi connectivity index (χ2v) is 5.95. The second kappa shape index (κ2) is 7.48. The average molecular weight is 368 g/mol. The number of carbonyl (C=O) groups is 1. The highest BCUT2D eigenvalue weighted by Gasteiger charge is 2.06. The summed E-state index contributed by atoms with van der Waals surface area (Å²) < 4.78 is 0.884. The molecule has 1 amide bonds. The molecule has 0 aromatic heterocycles. The van der Waals surface area contributed by atoms with Crippen molar-refractivity contribution in [2.75, 3.05) is 17.2 Å². The van der Waals surface area contributed by atoms with Crippen molar-refractivity contribution in [1.29, 1.82) is 0 Å². The van der Waals surface area contributed by atoms with Crippen LogP contribution in [0.25, 0.3) is 0 Å². The van der Waals surface area contributed by atoms with Crippen LogP contribution in [0.5, 0.6) is 0 Å². The van der Waals surface area contributed by atoms with Crippen LogP contribution in [0.2, 0.25) is 5.02 Å². The minimum atomic E-state index is -0.0425. The van der Waals surface area contributed by atoms with Gasteiger partial charge < -0.3 is 10.6 Å². The van der Waals surface area contributed by atoms with Crippen molar-refractivity contribution in [2.45, 2.75) is 13.3 Å². The van der Waals surface area contributed by atoms with E-state index in [4.69, 9.17) is 11.6 Å². The van der Waals surface area contributed by atoms with Gasteiger partial charge in [0.2, 0.25) is 5.91 Å². The first kappa shape index (κ1) is 15.9. The molecule has 21 heavy (non-hydrogen) atoms. The highest BCUT2D eigenvalue weighted by atomic mass is 79.9. The Labute approximate surface area is 137 Å². The molecule has 0 aliphatic rings. The Balaban J connectivity index is 1.84. The van der Waals surface area contributed by atoms with Crippen LogP contribution < -0.4 is 10.6 Å². The molecule has 0 spiro atoms. The van der Waals surface area contributed by atoms with Crippen molar-refractivity contribution >= 4 is 44.8 Å². The fraction of sp³-hybridized carbons (Fsp3) is 0.188. The number of aryl methyl sites for hydroxylation is 1. The molecular formula is C16H16BrClN2O. The lowest BCUT2D eigenvalue weighted by Crippen LogP contribution is -2.16. The summed E-state index contributed by atoms with van der Waals surface area (Å²) in [6, 6.07) is 13.3. The summed E-state index contributed by atoms with van der Waals surface area (Å²) in [5, 5.41) is 6.68. The Hall–Kier alpha value is -1.52. The largest absolute Gasteiger partial charge is 0.383 e. The molecule has 0 radical (unpaired) electrons. The van der Waals surface area contributed by atoms with Crippen molar-refractivity contribution in [2.24, 2.45) is 0 Å². The van der Waals surface area contributed by atoms with Crippen molar-refractivity contribution in [3.05, 3.63) is 57.5 Å². The number of benzene rings is 2. The lowest BCUT2D eigenvalue weighted by atomic mass is 10.2. The minimum Gasteiger partial charge on any atom is -0.383 e. The van der Waals surface area contributed by atoms with E-state index in [0.29, 0.717) is 18.0 Å². The van der Waals surface area contributed by atoms with Crippen molar-refractivity contribution in [3.63, 3.8) is 0 Å². The number of carbonyl (C=O) groups excluding carboxylic acids is 1. The molecule has 2 rings (SSSR count). The second-order valence-electron chi connectivity index (χ2n) is 4.69. The van der Waals surface area contributed by atoms with Gasteiger partial charge in [-0.2, -0.15) is 0 Å². The van der Waals surface area contributed by atoms with Crippen LogP contribution in [0.3, 0.4) is 0 Å². The maximum Gasteiger partial charge on any atom is 0.226 e. The first-order valence-electron chi connectivity index (χ1n) is 6.60. The van der Waals surface area contributed by atoms with Gasteiger partial charge in [0.05, 0.1) is 16.4 Å². The van der Waals surface area contributed by atoms with Crippen LogP contribution in [0.4, 0.5) is 11.4 Å². The number of hydrogen-bond acceptors (Lipinski definition) is 2. The zero-order chi connectivity index (χ0) is 15.2. The van der Waals surface area contributed by atoms with Gasteiger partial charge in [-0.05, 0) is 52.7 Å². The van der Waals surface area contributed by atoms with E-state index in [2.05, 4.69) is 26.6 Å². The van der Waals surface area contributed by atoms with E-state index in [9.17, 15) is 4.79 Å². The molecule has 0 aliphatic carbocycles. The number of para-hydroxylation sites is 1. The molecule has 0 heterocycles. The van der Waals surface area contributed by atoms with Gasteiger partial charge in [0.15, 0.2) is 0 Å². The number of rotatable bonds is 5. The zero-order valence-electron chi connectivity index (χ0n) is 11.6. The molecule has 0 unspecified atom stereocenters. The van der Waals surface area contributed by atoms with E-state index in [1.165, 1.54) is 0 Å². The fourth-order valence-corrected chi connectivity index (χ4v) is 2.64.